The quantitative estimate of drug-likeness (QED) is 0.484. The van der Waals surface area contributed by atoms with E-state index in [2.05, 4.69) is 20.8 Å². The van der Waals surface area contributed by atoms with Crippen LogP contribution < -0.4 is 0 Å². The molecule has 0 amide bonds. The van der Waals surface area contributed by atoms with Gasteiger partial charge in [0.15, 0.2) is 0 Å². The van der Waals surface area contributed by atoms with Crippen LogP contribution in [0, 0.1) is 16.7 Å². The van der Waals surface area contributed by atoms with Gasteiger partial charge in [0.1, 0.15) is 0 Å². The van der Waals surface area contributed by atoms with Gasteiger partial charge in [0, 0.05) is 2.74 Å². The average molecular weight is 140 g/mol. The van der Waals surface area contributed by atoms with Crippen LogP contribution in [0.1, 0.15) is 49.1 Å². The molecule has 2 atom stereocenters. The van der Waals surface area contributed by atoms with E-state index in [4.69, 9.17) is 2.74 Å². The smallest absolute Gasteiger partial charge is 0.0278 e. The van der Waals surface area contributed by atoms with Crippen LogP contribution in [0.4, 0.5) is 0 Å². The fraction of sp³-hybridized carbons (Fsp3) is 1.00. The molecule has 2 fully saturated rings. The zero-order chi connectivity index (χ0) is 9.20. The lowest BCUT2D eigenvalue weighted by Gasteiger charge is -2.32. The monoisotopic (exact) mass is 140 g/mol. The third-order valence-electron chi connectivity index (χ3n) is 3.39. The fourth-order valence-corrected chi connectivity index (χ4v) is 2.85. The fourth-order valence-electron chi connectivity index (χ4n) is 2.85. The maximum atomic E-state index is 8.14. The van der Waals surface area contributed by atoms with Gasteiger partial charge in [-0.3, -0.25) is 0 Å². The number of hydrogen-bond acceptors (Lipinski definition) is 0. The van der Waals surface area contributed by atoms with Gasteiger partial charge in [-0.05, 0) is 42.4 Å². The van der Waals surface area contributed by atoms with Crippen LogP contribution in [-0.2, 0) is 0 Å². The highest BCUT2D eigenvalue weighted by Gasteiger charge is 2.51. The van der Waals surface area contributed by atoms with Crippen molar-refractivity contribution in [3.05, 3.63) is 0 Å². The molecule has 2 rings (SSSR count). The van der Waals surface area contributed by atoms with E-state index in [1.807, 2.05) is 0 Å². The second kappa shape index (κ2) is 1.60. The molecule has 2 aliphatic rings. The Hall–Kier alpha value is 0. The maximum absolute atomic E-state index is 8.14. The SMILES string of the molecule is [2H]C1([2H])C2(C)CCC(C2)C1(C)C. The van der Waals surface area contributed by atoms with E-state index in [-0.39, 0.29) is 10.8 Å². The first-order valence-electron chi connectivity index (χ1n) is 5.31. The van der Waals surface area contributed by atoms with Crippen molar-refractivity contribution in [3.8, 4) is 0 Å². The average Bonchev–Trinajstić information content (AvgIpc) is 2.36. The van der Waals surface area contributed by atoms with Crippen molar-refractivity contribution in [2.24, 2.45) is 16.7 Å². The molecule has 0 heteroatoms. The Labute approximate surface area is 66.8 Å². The molecule has 0 spiro atoms. The Morgan fingerprint density at radius 3 is 2.40 bits per heavy atom. The lowest BCUT2D eigenvalue weighted by molar-refractivity contribution is 0.182. The summed E-state index contributed by atoms with van der Waals surface area (Å²) in [4.78, 5) is 0. The molecule has 58 valence electrons. The van der Waals surface area contributed by atoms with Crippen LogP contribution in [0.5, 0.6) is 0 Å². The maximum Gasteiger partial charge on any atom is 0.0278 e. The van der Waals surface area contributed by atoms with Crippen molar-refractivity contribution in [3.63, 3.8) is 0 Å². The van der Waals surface area contributed by atoms with E-state index in [9.17, 15) is 0 Å². The van der Waals surface area contributed by atoms with Crippen LogP contribution in [0.25, 0.3) is 0 Å². The molecular formula is C10H18. The Morgan fingerprint density at radius 1 is 1.40 bits per heavy atom. The second-order valence-electron chi connectivity index (χ2n) is 4.85. The summed E-state index contributed by atoms with van der Waals surface area (Å²) in [5.41, 5.74) is -0.124. The molecule has 0 aromatic heterocycles. The predicted octanol–water partition coefficient (Wildman–Crippen LogP) is 3.22. The van der Waals surface area contributed by atoms with Crippen LogP contribution in [-0.4, -0.2) is 0 Å². The summed E-state index contributed by atoms with van der Waals surface area (Å²) in [5, 5.41) is 0. The summed E-state index contributed by atoms with van der Waals surface area (Å²) in [5.74, 6) is 0.623. The Bertz CT molecular complexity index is 213. The molecular weight excluding hydrogens is 120 g/mol. The summed E-state index contributed by atoms with van der Waals surface area (Å²) >= 11 is 0. The molecule has 0 aromatic carbocycles. The van der Waals surface area contributed by atoms with Gasteiger partial charge >= 0.3 is 0 Å². The minimum Gasteiger partial charge on any atom is -0.0596 e. The molecule has 0 nitrogen and oxygen atoms in total. The molecule has 0 N–H and O–H groups in total. The van der Waals surface area contributed by atoms with E-state index in [1.54, 1.807) is 0 Å². The van der Waals surface area contributed by atoms with Crippen molar-refractivity contribution in [1.82, 2.24) is 0 Å². The zero-order valence-electron chi connectivity index (χ0n) is 9.20. The Morgan fingerprint density at radius 2 is 2.10 bits per heavy atom. The first-order chi connectivity index (χ1) is 5.31. The van der Waals surface area contributed by atoms with Crippen molar-refractivity contribution < 1.29 is 2.74 Å². The van der Waals surface area contributed by atoms with E-state index in [0.717, 1.165) is 12.8 Å². The predicted molar refractivity (Wildman–Crippen MR) is 43.8 cm³/mol. The van der Waals surface area contributed by atoms with Gasteiger partial charge in [0.05, 0.1) is 0 Å². The largest absolute Gasteiger partial charge is 0.0596 e. The van der Waals surface area contributed by atoms with E-state index < -0.39 is 6.37 Å². The van der Waals surface area contributed by atoms with E-state index in [0.29, 0.717) is 5.92 Å². The van der Waals surface area contributed by atoms with Crippen molar-refractivity contribution in [2.75, 3.05) is 0 Å². The van der Waals surface area contributed by atoms with Crippen LogP contribution in [0.15, 0.2) is 0 Å². The van der Waals surface area contributed by atoms with E-state index >= 15 is 0 Å². The van der Waals surface area contributed by atoms with Gasteiger partial charge in [-0.1, -0.05) is 20.8 Å². The van der Waals surface area contributed by atoms with Crippen LogP contribution in [0.3, 0.4) is 0 Å². The molecule has 2 unspecified atom stereocenters. The molecule has 0 aromatic rings. The van der Waals surface area contributed by atoms with Gasteiger partial charge < -0.3 is 0 Å². The minimum atomic E-state index is -0.955. The third-order valence-corrected chi connectivity index (χ3v) is 3.39. The lowest BCUT2D eigenvalue weighted by Crippen LogP contribution is -2.22. The molecule has 0 heterocycles. The summed E-state index contributed by atoms with van der Waals surface area (Å²) in [6.45, 7) is 6.33. The van der Waals surface area contributed by atoms with Gasteiger partial charge in [-0.25, -0.2) is 0 Å². The number of hydrogen-bond donors (Lipinski definition) is 0. The molecule has 0 saturated heterocycles. The first-order valence-corrected chi connectivity index (χ1v) is 4.31. The second-order valence-corrected chi connectivity index (χ2v) is 4.85. The van der Waals surface area contributed by atoms with Crippen molar-refractivity contribution >= 4 is 0 Å². The number of fused-ring (bicyclic) bond motifs is 2. The van der Waals surface area contributed by atoms with Crippen molar-refractivity contribution in [2.45, 2.75) is 46.4 Å². The molecule has 2 saturated carbocycles. The van der Waals surface area contributed by atoms with Crippen LogP contribution >= 0.6 is 0 Å². The molecule has 2 aliphatic carbocycles. The summed E-state index contributed by atoms with van der Waals surface area (Å²) in [6, 6.07) is 0. The topological polar surface area (TPSA) is 0 Å². The zero-order valence-corrected chi connectivity index (χ0v) is 7.20. The Kier molecular flexibility index (Phi) is 0.765. The highest BCUT2D eigenvalue weighted by Crippen LogP contribution is 2.62. The van der Waals surface area contributed by atoms with Crippen LogP contribution in [0.2, 0.25) is 0 Å². The molecule has 10 heavy (non-hydrogen) atoms. The lowest BCUT2D eigenvalue weighted by atomic mass is 9.73. The van der Waals surface area contributed by atoms with Gasteiger partial charge in [0.25, 0.3) is 0 Å². The van der Waals surface area contributed by atoms with Gasteiger partial charge in [-0.2, -0.15) is 0 Å². The Balaban J connectivity index is 2.46. The molecule has 2 bridgehead atoms. The first kappa shape index (κ1) is 4.79. The van der Waals surface area contributed by atoms with Crippen molar-refractivity contribution in [1.29, 1.82) is 0 Å². The molecule has 0 radical (unpaired) electrons. The van der Waals surface area contributed by atoms with E-state index in [1.165, 1.54) is 6.42 Å². The third kappa shape index (κ3) is 0.741. The minimum absolute atomic E-state index is 0.0266. The normalized spacial score (nSPS) is 58.1. The highest BCUT2D eigenvalue weighted by molar-refractivity contribution is 5.01. The summed E-state index contributed by atoms with van der Waals surface area (Å²) < 4.78 is 16.3. The standard InChI is InChI=1S/C10H18/c1-9(2)7-10(3)5-4-8(9)6-10/h8H,4-7H2,1-3H3/i7D2. The summed E-state index contributed by atoms with van der Waals surface area (Å²) in [6.07, 6.45) is 2.48. The van der Waals surface area contributed by atoms with Gasteiger partial charge in [-0.15, -0.1) is 0 Å². The van der Waals surface area contributed by atoms with Gasteiger partial charge in [0.2, 0.25) is 0 Å². The summed E-state index contributed by atoms with van der Waals surface area (Å²) in [7, 11) is 0. The number of rotatable bonds is 0. The highest BCUT2D eigenvalue weighted by atomic mass is 14.6. The molecule has 0 aliphatic heterocycles.